The van der Waals surface area contributed by atoms with Gasteiger partial charge in [0.15, 0.2) is 5.82 Å². The molecule has 0 spiro atoms. The van der Waals surface area contributed by atoms with Crippen LogP contribution in [0.3, 0.4) is 0 Å². The van der Waals surface area contributed by atoms with Gasteiger partial charge >= 0.3 is 0 Å². The van der Waals surface area contributed by atoms with Crippen molar-refractivity contribution in [1.29, 1.82) is 0 Å². The van der Waals surface area contributed by atoms with Gasteiger partial charge in [0.05, 0.1) is 6.20 Å². The zero-order chi connectivity index (χ0) is 11.9. The lowest BCUT2D eigenvalue weighted by molar-refractivity contribution is 0.348. The summed E-state index contributed by atoms with van der Waals surface area (Å²) >= 11 is 0. The predicted octanol–water partition coefficient (Wildman–Crippen LogP) is 2.58. The summed E-state index contributed by atoms with van der Waals surface area (Å²) in [6.07, 6.45) is 11.3. The van der Waals surface area contributed by atoms with Gasteiger partial charge in [0.25, 0.3) is 0 Å². The molecule has 2 aliphatic rings. The summed E-state index contributed by atoms with van der Waals surface area (Å²) in [5, 5.41) is 7.76. The highest BCUT2D eigenvalue weighted by molar-refractivity contribution is 5.66. The molecule has 0 amide bonds. The van der Waals surface area contributed by atoms with E-state index in [1.54, 1.807) is 0 Å². The highest BCUT2D eigenvalue weighted by Gasteiger charge is 2.39. The molecule has 2 bridgehead atoms. The van der Waals surface area contributed by atoms with Crippen molar-refractivity contribution in [2.75, 3.05) is 11.9 Å². The van der Waals surface area contributed by atoms with Gasteiger partial charge in [-0.25, -0.2) is 9.50 Å². The summed E-state index contributed by atoms with van der Waals surface area (Å²) in [5.74, 6) is 3.80. The molecule has 94 valence electrons. The molecule has 0 saturated heterocycles. The van der Waals surface area contributed by atoms with Crippen molar-refractivity contribution in [2.24, 2.45) is 17.8 Å². The molecule has 2 heterocycles. The molecule has 4 nitrogen and oxygen atoms in total. The molecule has 2 fully saturated rings. The monoisotopic (exact) mass is 242 g/mol. The minimum Gasteiger partial charge on any atom is -0.368 e. The van der Waals surface area contributed by atoms with Crippen molar-refractivity contribution in [2.45, 2.75) is 25.7 Å². The second-order valence-corrected chi connectivity index (χ2v) is 5.75. The van der Waals surface area contributed by atoms with Gasteiger partial charge in [0, 0.05) is 18.9 Å². The van der Waals surface area contributed by atoms with E-state index in [0.29, 0.717) is 0 Å². The smallest absolute Gasteiger partial charge is 0.152 e. The lowest BCUT2D eigenvalue weighted by Crippen LogP contribution is -2.20. The van der Waals surface area contributed by atoms with Gasteiger partial charge in [0.2, 0.25) is 0 Å². The van der Waals surface area contributed by atoms with E-state index in [1.807, 2.05) is 29.2 Å². The summed E-state index contributed by atoms with van der Waals surface area (Å²) in [7, 11) is 0. The average molecular weight is 242 g/mol. The van der Waals surface area contributed by atoms with Crippen LogP contribution in [0.1, 0.15) is 25.7 Å². The van der Waals surface area contributed by atoms with Gasteiger partial charge < -0.3 is 5.32 Å². The van der Waals surface area contributed by atoms with E-state index in [4.69, 9.17) is 0 Å². The van der Waals surface area contributed by atoms with Crippen molar-refractivity contribution >= 4 is 11.3 Å². The first-order valence-electron chi connectivity index (χ1n) is 6.92. The van der Waals surface area contributed by atoms with Crippen molar-refractivity contribution in [3.63, 3.8) is 0 Å². The Kier molecular flexibility index (Phi) is 2.28. The summed E-state index contributed by atoms with van der Waals surface area (Å²) in [5.41, 5.74) is 1.07. The van der Waals surface area contributed by atoms with Crippen LogP contribution in [0, 0.1) is 17.8 Å². The molecular weight excluding hydrogens is 224 g/mol. The first-order chi connectivity index (χ1) is 8.90. The molecule has 0 aliphatic heterocycles. The largest absolute Gasteiger partial charge is 0.368 e. The number of fused-ring (bicyclic) bond motifs is 3. The van der Waals surface area contributed by atoms with Crippen molar-refractivity contribution in [1.82, 2.24) is 14.6 Å². The average Bonchev–Trinajstić information content (AvgIpc) is 3.11. The predicted molar refractivity (Wildman–Crippen MR) is 70.4 cm³/mol. The van der Waals surface area contributed by atoms with E-state index in [1.165, 1.54) is 25.7 Å². The normalized spacial score (nSPS) is 30.1. The third kappa shape index (κ3) is 1.59. The maximum Gasteiger partial charge on any atom is 0.152 e. The van der Waals surface area contributed by atoms with Gasteiger partial charge in [-0.1, -0.05) is 6.42 Å². The zero-order valence-corrected chi connectivity index (χ0v) is 10.4. The van der Waals surface area contributed by atoms with Crippen LogP contribution in [0.5, 0.6) is 0 Å². The number of hydrogen-bond donors (Lipinski definition) is 1. The van der Waals surface area contributed by atoms with Gasteiger partial charge in [-0.15, -0.1) is 0 Å². The molecule has 3 unspecified atom stereocenters. The number of rotatable bonds is 3. The number of nitrogens with one attached hydrogen (secondary N) is 1. The molecule has 2 aromatic heterocycles. The Morgan fingerprint density at radius 3 is 3.11 bits per heavy atom. The first kappa shape index (κ1) is 10.4. The Bertz CT molecular complexity index is 562. The Labute approximate surface area is 106 Å². The fraction of sp³-hybridized carbons (Fsp3) is 0.571. The van der Waals surface area contributed by atoms with E-state index >= 15 is 0 Å². The third-order valence-corrected chi connectivity index (χ3v) is 4.74. The fourth-order valence-electron chi connectivity index (χ4n) is 3.85. The summed E-state index contributed by atoms with van der Waals surface area (Å²) in [6, 6.07) is 2.01. The molecule has 1 N–H and O–H groups in total. The molecule has 18 heavy (non-hydrogen) atoms. The third-order valence-electron chi connectivity index (χ3n) is 4.74. The Morgan fingerprint density at radius 2 is 2.28 bits per heavy atom. The van der Waals surface area contributed by atoms with Gasteiger partial charge in [-0.05, 0) is 43.1 Å². The van der Waals surface area contributed by atoms with E-state index in [-0.39, 0.29) is 0 Å². The number of nitrogens with zero attached hydrogens (tertiary/aromatic N) is 3. The summed E-state index contributed by atoms with van der Waals surface area (Å²) in [4.78, 5) is 4.43. The Hall–Kier alpha value is -1.58. The molecule has 2 aliphatic carbocycles. The van der Waals surface area contributed by atoms with Gasteiger partial charge in [-0.2, -0.15) is 5.10 Å². The Morgan fingerprint density at radius 1 is 1.28 bits per heavy atom. The van der Waals surface area contributed by atoms with E-state index in [2.05, 4.69) is 15.4 Å². The molecular formula is C14H18N4. The quantitative estimate of drug-likeness (QED) is 0.899. The number of hydrogen-bond acceptors (Lipinski definition) is 3. The number of anilines is 1. The summed E-state index contributed by atoms with van der Waals surface area (Å²) in [6.45, 7) is 1.07. The number of aromatic nitrogens is 3. The van der Waals surface area contributed by atoms with E-state index in [9.17, 15) is 0 Å². The van der Waals surface area contributed by atoms with Crippen LogP contribution in [0.25, 0.3) is 5.52 Å². The van der Waals surface area contributed by atoms with Crippen LogP contribution < -0.4 is 5.32 Å². The lowest BCUT2D eigenvalue weighted by Gasteiger charge is -2.22. The first-order valence-corrected chi connectivity index (χ1v) is 6.92. The highest BCUT2D eigenvalue weighted by atomic mass is 15.2. The molecule has 0 aromatic carbocycles. The highest BCUT2D eigenvalue weighted by Crippen LogP contribution is 2.48. The lowest BCUT2D eigenvalue weighted by atomic mass is 9.89. The van der Waals surface area contributed by atoms with Crippen LogP contribution in [-0.4, -0.2) is 21.1 Å². The van der Waals surface area contributed by atoms with Crippen LogP contribution in [-0.2, 0) is 0 Å². The minimum absolute atomic E-state index is 0.855. The van der Waals surface area contributed by atoms with Crippen molar-refractivity contribution in [3.05, 3.63) is 24.7 Å². The Balaban J connectivity index is 1.50. The molecule has 0 radical (unpaired) electrons. The second kappa shape index (κ2) is 3.97. The van der Waals surface area contributed by atoms with Crippen LogP contribution in [0.4, 0.5) is 5.82 Å². The van der Waals surface area contributed by atoms with Gasteiger partial charge in [0.1, 0.15) is 5.52 Å². The van der Waals surface area contributed by atoms with Crippen LogP contribution in [0.2, 0.25) is 0 Å². The van der Waals surface area contributed by atoms with E-state index < -0.39 is 0 Å². The SMILES string of the molecule is c1cn2nccc2c(NCC2CC3CCC2C3)n1. The standard InChI is InChI=1S/C14H18N4/c1-2-11-7-10(1)8-12(11)9-16-14-13-3-4-17-18(13)6-5-15-14/h3-6,10-12H,1-2,7-9H2,(H,15,16). The topological polar surface area (TPSA) is 42.2 Å². The van der Waals surface area contributed by atoms with Crippen molar-refractivity contribution in [3.8, 4) is 0 Å². The van der Waals surface area contributed by atoms with E-state index in [0.717, 1.165) is 35.6 Å². The summed E-state index contributed by atoms with van der Waals surface area (Å²) < 4.78 is 1.87. The van der Waals surface area contributed by atoms with Crippen molar-refractivity contribution < 1.29 is 0 Å². The van der Waals surface area contributed by atoms with Crippen LogP contribution >= 0.6 is 0 Å². The zero-order valence-electron chi connectivity index (χ0n) is 10.4. The second-order valence-electron chi connectivity index (χ2n) is 5.75. The molecule has 2 aromatic rings. The van der Waals surface area contributed by atoms with Gasteiger partial charge in [-0.3, -0.25) is 0 Å². The maximum absolute atomic E-state index is 4.43. The molecule has 3 atom stereocenters. The molecule has 4 heteroatoms. The molecule has 4 rings (SSSR count). The van der Waals surface area contributed by atoms with Crippen LogP contribution in [0.15, 0.2) is 24.7 Å². The fourth-order valence-corrected chi connectivity index (χ4v) is 3.85. The maximum atomic E-state index is 4.43. The molecule has 2 saturated carbocycles. The minimum atomic E-state index is 0.855.